The molecule has 1 aromatic carbocycles. The lowest BCUT2D eigenvalue weighted by atomic mass is 10.2. The van der Waals surface area contributed by atoms with Crippen molar-refractivity contribution in [1.82, 2.24) is 4.90 Å². The second kappa shape index (κ2) is 6.48. The second-order valence-electron chi connectivity index (χ2n) is 4.65. The highest BCUT2D eigenvalue weighted by Gasteiger charge is 2.36. The van der Waals surface area contributed by atoms with E-state index in [0.29, 0.717) is 25.0 Å². The molecule has 1 heterocycles. The Labute approximate surface area is 113 Å². The summed E-state index contributed by atoms with van der Waals surface area (Å²) < 4.78 is 5.65. The van der Waals surface area contributed by atoms with Crippen molar-refractivity contribution < 1.29 is 14.3 Å². The minimum absolute atomic E-state index is 0.143. The maximum Gasteiger partial charge on any atom is 0.262 e. The standard InChI is InChI=1S/C15H19NO3/c1-2-3-11-19-14-10-9-13(17)16(14)15(18)12-7-5-4-6-8-12/h4-8,14H,2-3,9-11H2,1H3. The molecule has 1 saturated heterocycles. The number of unbranched alkanes of at least 4 members (excludes halogenated alkanes) is 1. The van der Waals surface area contributed by atoms with Crippen LogP contribution in [0.2, 0.25) is 0 Å². The topological polar surface area (TPSA) is 46.6 Å². The lowest BCUT2D eigenvalue weighted by Crippen LogP contribution is -2.40. The van der Waals surface area contributed by atoms with E-state index in [1.807, 2.05) is 6.07 Å². The summed E-state index contributed by atoms with van der Waals surface area (Å²) >= 11 is 0. The lowest BCUT2D eigenvalue weighted by Gasteiger charge is -2.23. The normalized spacial score (nSPS) is 18.9. The Morgan fingerprint density at radius 1 is 1.37 bits per heavy atom. The lowest BCUT2D eigenvalue weighted by molar-refractivity contribution is -0.131. The molecular formula is C15H19NO3. The molecule has 4 nitrogen and oxygen atoms in total. The van der Waals surface area contributed by atoms with E-state index in [9.17, 15) is 9.59 Å². The third-order valence-electron chi connectivity index (χ3n) is 3.21. The smallest absolute Gasteiger partial charge is 0.262 e. The number of carbonyl (C=O) groups is 2. The van der Waals surface area contributed by atoms with Gasteiger partial charge in [0.15, 0.2) is 0 Å². The molecule has 0 aromatic heterocycles. The molecule has 0 saturated carbocycles. The first-order valence-corrected chi connectivity index (χ1v) is 6.77. The van der Waals surface area contributed by atoms with Crippen LogP contribution in [0.25, 0.3) is 0 Å². The number of benzene rings is 1. The Morgan fingerprint density at radius 3 is 2.79 bits per heavy atom. The molecule has 2 rings (SSSR count). The quantitative estimate of drug-likeness (QED) is 0.604. The van der Waals surface area contributed by atoms with Crippen LogP contribution in [0.5, 0.6) is 0 Å². The fraction of sp³-hybridized carbons (Fsp3) is 0.467. The third kappa shape index (κ3) is 3.20. The van der Waals surface area contributed by atoms with Crippen LogP contribution in [-0.2, 0) is 9.53 Å². The van der Waals surface area contributed by atoms with E-state index in [0.717, 1.165) is 12.8 Å². The zero-order chi connectivity index (χ0) is 13.7. The van der Waals surface area contributed by atoms with Gasteiger partial charge in [-0.1, -0.05) is 31.5 Å². The van der Waals surface area contributed by atoms with Crippen molar-refractivity contribution in [3.8, 4) is 0 Å². The molecule has 1 fully saturated rings. The average Bonchev–Trinajstić information content (AvgIpc) is 2.80. The SMILES string of the molecule is CCCCOC1CCC(=O)N1C(=O)c1ccccc1. The number of hydrogen-bond donors (Lipinski definition) is 0. The Morgan fingerprint density at radius 2 is 2.11 bits per heavy atom. The van der Waals surface area contributed by atoms with Gasteiger partial charge in [0.2, 0.25) is 5.91 Å². The average molecular weight is 261 g/mol. The van der Waals surface area contributed by atoms with Gasteiger partial charge in [0.05, 0.1) is 0 Å². The first kappa shape index (κ1) is 13.7. The minimum Gasteiger partial charge on any atom is -0.358 e. The van der Waals surface area contributed by atoms with Crippen molar-refractivity contribution >= 4 is 11.8 Å². The molecular weight excluding hydrogens is 242 g/mol. The fourth-order valence-corrected chi connectivity index (χ4v) is 2.14. The van der Waals surface area contributed by atoms with Crippen LogP contribution in [0, 0.1) is 0 Å². The van der Waals surface area contributed by atoms with Crippen molar-refractivity contribution in [3.05, 3.63) is 35.9 Å². The summed E-state index contributed by atoms with van der Waals surface area (Å²) in [4.78, 5) is 25.5. The Hall–Kier alpha value is -1.68. The number of carbonyl (C=O) groups excluding carboxylic acids is 2. The van der Waals surface area contributed by atoms with E-state index in [-0.39, 0.29) is 11.8 Å². The number of likely N-dealkylation sites (tertiary alicyclic amines) is 1. The number of rotatable bonds is 5. The largest absolute Gasteiger partial charge is 0.358 e. The molecule has 1 atom stereocenters. The highest BCUT2D eigenvalue weighted by atomic mass is 16.5. The maximum atomic E-state index is 12.3. The summed E-state index contributed by atoms with van der Waals surface area (Å²) in [5.41, 5.74) is 0.529. The van der Waals surface area contributed by atoms with Crippen LogP contribution in [-0.4, -0.2) is 29.5 Å². The van der Waals surface area contributed by atoms with Crippen LogP contribution in [0.4, 0.5) is 0 Å². The fourth-order valence-electron chi connectivity index (χ4n) is 2.14. The predicted octanol–water partition coefficient (Wildman–Crippen LogP) is 2.59. The summed E-state index contributed by atoms with van der Waals surface area (Å²) in [7, 11) is 0. The van der Waals surface area contributed by atoms with Crippen LogP contribution in [0.15, 0.2) is 30.3 Å². The predicted molar refractivity (Wildman–Crippen MR) is 71.5 cm³/mol. The van der Waals surface area contributed by atoms with E-state index in [4.69, 9.17) is 4.74 Å². The molecule has 0 radical (unpaired) electrons. The number of nitrogens with zero attached hydrogens (tertiary/aromatic N) is 1. The Kier molecular flexibility index (Phi) is 4.68. The van der Waals surface area contributed by atoms with Gasteiger partial charge in [-0.05, 0) is 18.6 Å². The maximum absolute atomic E-state index is 12.3. The van der Waals surface area contributed by atoms with Crippen LogP contribution >= 0.6 is 0 Å². The van der Waals surface area contributed by atoms with E-state index in [2.05, 4.69) is 6.92 Å². The molecule has 0 bridgehead atoms. The summed E-state index contributed by atoms with van der Waals surface area (Å²) in [5.74, 6) is -0.403. The van der Waals surface area contributed by atoms with Crippen molar-refractivity contribution in [1.29, 1.82) is 0 Å². The van der Waals surface area contributed by atoms with Gasteiger partial charge >= 0.3 is 0 Å². The molecule has 1 unspecified atom stereocenters. The van der Waals surface area contributed by atoms with E-state index in [1.165, 1.54) is 4.90 Å². The van der Waals surface area contributed by atoms with Gasteiger partial charge in [0.25, 0.3) is 5.91 Å². The Bertz CT molecular complexity index is 444. The molecule has 0 N–H and O–H groups in total. The first-order valence-electron chi connectivity index (χ1n) is 6.77. The number of amides is 2. The summed E-state index contributed by atoms with van der Waals surface area (Å²) in [6, 6.07) is 8.87. The number of imide groups is 1. The van der Waals surface area contributed by atoms with E-state index >= 15 is 0 Å². The molecule has 4 heteroatoms. The van der Waals surface area contributed by atoms with Crippen molar-refractivity contribution in [2.45, 2.75) is 38.8 Å². The molecule has 1 aliphatic rings. The highest BCUT2D eigenvalue weighted by molar-refractivity contribution is 6.05. The van der Waals surface area contributed by atoms with Crippen LogP contribution in [0.1, 0.15) is 43.0 Å². The third-order valence-corrected chi connectivity index (χ3v) is 3.21. The molecule has 1 aliphatic heterocycles. The van der Waals surface area contributed by atoms with Gasteiger partial charge in [0.1, 0.15) is 6.23 Å². The molecule has 1 aromatic rings. The van der Waals surface area contributed by atoms with Crippen molar-refractivity contribution in [2.75, 3.05) is 6.61 Å². The monoisotopic (exact) mass is 261 g/mol. The molecule has 19 heavy (non-hydrogen) atoms. The van der Waals surface area contributed by atoms with Gasteiger partial charge in [-0.25, -0.2) is 0 Å². The minimum atomic E-state index is -0.397. The Balaban J connectivity index is 2.07. The van der Waals surface area contributed by atoms with Crippen LogP contribution < -0.4 is 0 Å². The van der Waals surface area contributed by atoms with Crippen molar-refractivity contribution in [2.24, 2.45) is 0 Å². The van der Waals surface area contributed by atoms with Gasteiger partial charge in [0, 0.05) is 25.0 Å². The van der Waals surface area contributed by atoms with E-state index in [1.54, 1.807) is 24.3 Å². The summed E-state index contributed by atoms with van der Waals surface area (Å²) in [6.45, 7) is 2.67. The molecule has 2 amide bonds. The van der Waals surface area contributed by atoms with Gasteiger partial charge in [-0.15, -0.1) is 0 Å². The van der Waals surface area contributed by atoms with E-state index < -0.39 is 6.23 Å². The van der Waals surface area contributed by atoms with Crippen LogP contribution in [0.3, 0.4) is 0 Å². The van der Waals surface area contributed by atoms with Gasteiger partial charge < -0.3 is 4.74 Å². The van der Waals surface area contributed by atoms with Gasteiger partial charge in [-0.2, -0.15) is 0 Å². The summed E-state index contributed by atoms with van der Waals surface area (Å²) in [5, 5.41) is 0. The molecule has 0 spiro atoms. The highest BCUT2D eigenvalue weighted by Crippen LogP contribution is 2.22. The van der Waals surface area contributed by atoms with Gasteiger partial charge in [-0.3, -0.25) is 14.5 Å². The molecule has 0 aliphatic carbocycles. The van der Waals surface area contributed by atoms with Crippen molar-refractivity contribution in [3.63, 3.8) is 0 Å². The molecule has 102 valence electrons. The zero-order valence-electron chi connectivity index (χ0n) is 11.2. The first-order chi connectivity index (χ1) is 9.24. The summed E-state index contributed by atoms with van der Waals surface area (Å²) in [6.07, 6.45) is 2.56. The zero-order valence-corrected chi connectivity index (χ0v) is 11.2. The number of ether oxygens (including phenoxy) is 1. The number of hydrogen-bond acceptors (Lipinski definition) is 3. The second-order valence-corrected chi connectivity index (χ2v) is 4.65.